The Kier molecular flexibility index (Phi) is 5.14. The molecule has 0 fully saturated rings. The van der Waals surface area contributed by atoms with Gasteiger partial charge in [0.2, 0.25) is 0 Å². The molecule has 0 aliphatic rings. The van der Waals surface area contributed by atoms with Crippen molar-refractivity contribution in [3.05, 3.63) is 81.3 Å². The van der Waals surface area contributed by atoms with Gasteiger partial charge in [-0.15, -0.1) is 0 Å². The monoisotopic (exact) mass is 423 g/mol. The summed E-state index contributed by atoms with van der Waals surface area (Å²) in [6.45, 7) is 5.30. The van der Waals surface area contributed by atoms with E-state index in [2.05, 4.69) is 10.1 Å². The molecule has 0 saturated heterocycles. The molecule has 1 N–H and O–H groups in total. The average Bonchev–Trinajstić information content (AvgIpc) is 3.05. The Morgan fingerprint density at radius 1 is 1.13 bits per heavy atom. The van der Waals surface area contributed by atoms with Crippen LogP contribution in [0.4, 0.5) is 8.78 Å². The van der Waals surface area contributed by atoms with Crippen LogP contribution in [-0.2, 0) is 4.74 Å². The number of halogens is 2. The lowest BCUT2D eigenvalue weighted by molar-refractivity contribution is 0.0524. The molecule has 158 valence electrons. The summed E-state index contributed by atoms with van der Waals surface area (Å²) >= 11 is 0. The molecule has 0 saturated carbocycles. The number of ether oxygens (including phenoxy) is 1. The number of hydrogen-bond acceptors (Lipinski definition) is 4. The molecule has 2 aromatic heterocycles. The molecule has 0 amide bonds. The zero-order chi connectivity index (χ0) is 22.3. The van der Waals surface area contributed by atoms with Crippen molar-refractivity contribution in [3.8, 4) is 22.4 Å². The van der Waals surface area contributed by atoms with Crippen molar-refractivity contribution in [1.29, 1.82) is 0 Å². The molecule has 0 aliphatic carbocycles. The Morgan fingerprint density at radius 2 is 1.84 bits per heavy atom. The largest absolute Gasteiger partial charge is 0.462 e. The predicted molar refractivity (Wildman–Crippen MR) is 112 cm³/mol. The summed E-state index contributed by atoms with van der Waals surface area (Å²) in [4.78, 5) is 28.8. The molecule has 0 bridgehead atoms. The lowest BCUT2D eigenvalue weighted by Gasteiger charge is -2.11. The first-order valence-electron chi connectivity index (χ1n) is 9.67. The molecule has 0 aliphatic heterocycles. The maximum atomic E-state index is 14.6. The van der Waals surface area contributed by atoms with Gasteiger partial charge in [0, 0.05) is 17.2 Å². The van der Waals surface area contributed by atoms with E-state index in [1.165, 1.54) is 6.07 Å². The number of benzene rings is 2. The standard InChI is InChI=1S/C23H19F2N3O3/c1-4-31-23(30)19-20(16-10-9-15(24)11-17(16)25)26-21-18(13(3)27-28(21)22(19)29)14-7-5-12(2)6-8-14/h5-11,26H,4H2,1-3H3. The number of aromatic nitrogens is 3. The van der Waals surface area contributed by atoms with Crippen molar-refractivity contribution in [2.75, 3.05) is 6.61 Å². The summed E-state index contributed by atoms with van der Waals surface area (Å²) < 4.78 is 34.2. The minimum absolute atomic E-state index is 0.0222. The minimum atomic E-state index is -0.922. The van der Waals surface area contributed by atoms with E-state index in [0.29, 0.717) is 17.3 Å². The van der Waals surface area contributed by atoms with E-state index in [0.717, 1.165) is 21.7 Å². The Balaban J connectivity index is 2.09. The van der Waals surface area contributed by atoms with Crippen LogP contribution in [0.5, 0.6) is 0 Å². The fourth-order valence-corrected chi connectivity index (χ4v) is 3.54. The third-order valence-electron chi connectivity index (χ3n) is 4.98. The number of carbonyl (C=O) groups excluding carboxylic acids is 1. The Hall–Kier alpha value is -3.81. The summed E-state index contributed by atoms with van der Waals surface area (Å²) in [7, 11) is 0. The highest BCUT2D eigenvalue weighted by atomic mass is 19.1. The van der Waals surface area contributed by atoms with E-state index < -0.39 is 28.7 Å². The normalized spacial score (nSPS) is 11.1. The lowest BCUT2D eigenvalue weighted by Crippen LogP contribution is -2.26. The van der Waals surface area contributed by atoms with Gasteiger partial charge < -0.3 is 9.72 Å². The van der Waals surface area contributed by atoms with Gasteiger partial charge in [-0.1, -0.05) is 29.8 Å². The molecule has 4 aromatic rings. The Morgan fingerprint density at radius 3 is 2.48 bits per heavy atom. The van der Waals surface area contributed by atoms with Gasteiger partial charge >= 0.3 is 5.97 Å². The molecule has 8 heteroatoms. The van der Waals surface area contributed by atoms with Crippen molar-refractivity contribution in [3.63, 3.8) is 0 Å². The van der Waals surface area contributed by atoms with Crippen LogP contribution >= 0.6 is 0 Å². The lowest BCUT2D eigenvalue weighted by atomic mass is 10.0. The van der Waals surface area contributed by atoms with Crippen LogP contribution in [0.15, 0.2) is 47.3 Å². The quantitative estimate of drug-likeness (QED) is 0.493. The predicted octanol–water partition coefficient (Wildman–Crippen LogP) is 4.43. The summed E-state index contributed by atoms with van der Waals surface area (Å²) in [5.74, 6) is -2.61. The summed E-state index contributed by atoms with van der Waals surface area (Å²) in [5.41, 5.74) is 1.94. The van der Waals surface area contributed by atoms with Crippen LogP contribution in [0.1, 0.15) is 28.5 Å². The molecule has 2 aromatic carbocycles. The van der Waals surface area contributed by atoms with E-state index in [9.17, 15) is 18.4 Å². The van der Waals surface area contributed by atoms with Crippen LogP contribution in [0.25, 0.3) is 28.0 Å². The maximum absolute atomic E-state index is 14.6. The Labute approximate surface area is 176 Å². The topological polar surface area (TPSA) is 76.5 Å². The van der Waals surface area contributed by atoms with Gasteiger partial charge in [0.05, 0.1) is 18.0 Å². The molecule has 0 radical (unpaired) electrons. The van der Waals surface area contributed by atoms with Gasteiger partial charge in [-0.2, -0.15) is 9.61 Å². The number of carbonyl (C=O) groups is 1. The molecule has 4 rings (SSSR count). The number of rotatable bonds is 4. The second-order valence-electron chi connectivity index (χ2n) is 7.11. The number of H-pyrrole nitrogens is 1. The highest BCUT2D eigenvalue weighted by molar-refractivity contribution is 5.97. The van der Waals surface area contributed by atoms with E-state index in [1.807, 2.05) is 31.2 Å². The molecule has 6 nitrogen and oxygen atoms in total. The van der Waals surface area contributed by atoms with Crippen LogP contribution < -0.4 is 5.56 Å². The number of hydrogen-bond donors (Lipinski definition) is 1. The minimum Gasteiger partial charge on any atom is -0.462 e. The molecule has 0 unspecified atom stereocenters. The van der Waals surface area contributed by atoms with Crippen LogP contribution in [0.2, 0.25) is 0 Å². The van der Waals surface area contributed by atoms with Gasteiger partial charge in [-0.3, -0.25) is 4.79 Å². The van der Waals surface area contributed by atoms with Gasteiger partial charge in [-0.05, 0) is 38.5 Å². The van der Waals surface area contributed by atoms with Crippen molar-refractivity contribution in [2.24, 2.45) is 0 Å². The van der Waals surface area contributed by atoms with Crippen LogP contribution in [0, 0.1) is 25.5 Å². The third kappa shape index (κ3) is 3.50. The second kappa shape index (κ2) is 7.79. The second-order valence-corrected chi connectivity index (χ2v) is 7.11. The van der Waals surface area contributed by atoms with Crippen LogP contribution in [0.3, 0.4) is 0 Å². The van der Waals surface area contributed by atoms with Gasteiger partial charge in [0.1, 0.15) is 17.3 Å². The average molecular weight is 423 g/mol. The van der Waals surface area contributed by atoms with Crippen LogP contribution in [-0.4, -0.2) is 27.2 Å². The molecule has 31 heavy (non-hydrogen) atoms. The number of nitrogens with zero attached hydrogens (tertiary/aromatic N) is 2. The summed E-state index contributed by atoms with van der Waals surface area (Å²) in [6.07, 6.45) is 0. The van der Waals surface area contributed by atoms with E-state index in [-0.39, 0.29) is 23.5 Å². The van der Waals surface area contributed by atoms with Gasteiger partial charge in [0.25, 0.3) is 5.56 Å². The van der Waals surface area contributed by atoms with E-state index in [1.54, 1.807) is 13.8 Å². The van der Waals surface area contributed by atoms with Gasteiger partial charge in [-0.25, -0.2) is 13.6 Å². The zero-order valence-electron chi connectivity index (χ0n) is 17.1. The fraction of sp³-hybridized carbons (Fsp3) is 0.174. The fourth-order valence-electron chi connectivity index (χ4n) is 3.54. The number of aryl methyl sites for hydroxylation is 2. The smallest absolute Gasteiger partial charge is 0.346 e. The third-order valence-corrected chi connectivity index (χ3v) is 4.98. The first-order valence-corrected chi connectivity index (χ1v) is 9.67. The number of nitrogens with one attached hydrogen (secondary N) is 1. The molecule has 2 heterocycles. The molecule has 0 atom stereocenters. The number of fused-ring (bicyclic) bond motifs is 1. The summed E-state index contributed by atoms with van der Waals surface area (Å²) in [5, 5.41) is 4.30. The van der Waals surface area contributed by atoms with E-state index in [4.69, 9.17) is 4.74 Å². The molecular weight excluding hydrogens is 404 g/mol. The highest BCUT2D eigenvalue weighted by Crippen LogP contribution is 2.30. The number of aromatic amines is 1. The molecule has 0 spiro atoms. The van der Waals surface area contributed by atoms with Crippen molar-refractivity contribution >= 4 is 11.6 Å². The first kappa shape index (κ1) is 20.5. The van der Waals surface area contributed by atoms with Crippen molar-refractivity contribution < 1.29 is 18.3 Å². The SMILES string of the molecule is CCOC(=O)c1c(-c2ccc(F)cc2F)[nH]c2c(-c3ccc(C)cc3)c(C)nn2c1=O. The van der Waals surface area contributed by atoms with E-state index >= 15 is 0 Å². The van der Waals surface area contributed by atoms with Crippen molar-refractivity contribution in [2.45, 2.75) is 20.8 Å². The highest BCUT2D eigenvalue weighted by Gasteiger charge is 2.26. The maximum Gasteiger partial charge on any atom is 0.346 e. The van der Waals surface area contributed by atoms with Crippen molar-refractivity contribution in [1.82, 2.24) is 14.6 Å². The number of esters is 1. The molecular formula is C23H19F2N3O3. The zero-order valence-corrected chi connectivity index (χ0v) is 17.1. The summed E-state index contributed by atoms with van der Waals surface area (Å²) in [6, 6.07) is 10.5. The first-order chi connectivity index (χ1) is 14.8. The van der Waals surface area contributed by atoms with Gasteiger partial charge in [0.15, 0.2) is 5.56 Å². The Bertz CT molecular complexity index is 1370.